The van der Waals surface area contributed by atoms with Crippen molar-refractivity contribution in [3.05, 3.63) is 63.5 Å². The molecule has 8 heteroatoms. The van der Waals surface area contributed by atoms with Crippen molar-refractivity contribution in [2.75, 3.05) is 6.54 Å². The van der Waals surface area contributed by atoms with Crippen LogP contribution in [0.5, 0.6) is 0 Å². The Bertz CT molecular complexity index is 1190. The Labute approximate surface area is 181 Å². The van der Waals surface area contributed by atoms with Gasteiger partial charge >= 0.3 is 0 Å². The van der Waals surface area contributed by atoms with Crippen LogP contribution < -0.4 is 0 Å². The van der Waals surface area contributed by atoms with E-state index in [0.29, 0.717) is 34.6 Å². The van der Waals surface area contributed by atoms with E-state index in [-0.39, 0.29) is 0 Å². The van der Waals surface area contributed by atoms with Gasteiger partial charge in [0.15, 0.2) is 0 Å². The third-order valence-corrected chi connectivity index (χ3v) is 8.30. The second kappa shape index (κ2) is 7.80. The number of aromatic nitrogens is 2. The number of hydrogen-bond acceptors (Lipinski definition) is 5. The molecule has 0 aliphatic carbocycles. The fourth-order valence-electron chi connectivity index (χ4n) is 4.07. The summed E-state index contributed by atoms with van der Waals surface area (Å²) in [5, 5.41) is 4.63. The first-order valence-electron chi connectivity index (χ1n) is 9.89. The first-order valence-corrected chi connectivity index (χ1v) is 11.7. The van der Waals surface area contributed by atoms with E-state index in [0.717, 1.165) is 34.2 Å². The molecule has 1 aliphatic rings. The van der Waals surface area contributed by atoms with E-state index in [1.807, 2.05) is 45.9 Å². The molecule has 30 heavy (non-hydrogen) atoms. The number of benzene rings is 2. The zero-order valence-corrected chi connectivity index (χ0v) is 19.0. The van der Waals surface area contributed by atoms with Gasteiger partial charge in [-0.2, -0.15) is 9.29 Å². The lowest BCUT2D eigenvalue weighted by molar-refractivity contribution is 0.290. The second-order valence-electron chi connectivity index (χ2n) is 7.83. The molecule has 0 bridgehead atoms. The predicted octanol–water partition coefficient (Wildman–Crippen LogP) is 5.15. The molecule has 4 rings (SSSR count). The van der Waals surface area contributed by atoms with Gasteiger partial charge < -0.3 is 4.52 Å². The molecular weight excluding hydrogens is 422 g/mol. The number of hydrogen-bond donors (Lipinski definition) is 0. The van der Waals surface area contributed by atoms with Crippen molar-refractivity contribution in [1.29, 1.82) is 0 Å². The molecule has 6 nitrogen and oxygen atoms in total. The van der Waals surface area contributed by atoms with Crippen molar-refractivity contribution in [2.24, 2.45) is 0 Å². The normalized spacial score (nSPS) is 17.6. The van der Waals surface area contributed by atoms with Gasteiger partial charge in [-0.1, -0.05) is 35.0 Å². The quantitative estimate of drug-likeness (QED) is 0.555. The van der Waals surface area contributed by atoms with Crippen LogP contribution in [0.4, 0.5) is 0 Å². The van der Waals surface area contributed by atoms with Crippen molar-refractivity contribution in [3.63, 3.8) is 0 Å². The first-order chi connectivity index (χ1) is 14.2. The van der Waals surface area contributed by atoms with Gasteiger partial charge in [0.25, 0.3) is 0 Å². The Morgan fingerprint density at radius 2 is 1.80 bits per heavy atom. The third-order valence-electron chi connectivity index (χ3n) is 5.88. The molecule has 0 unspecified atom stereocenters. The molecule has 158 valence electrons. The van der Waals surface area contributed by atoms with E-state index >= 15 is 0 Å². The molecule has 2 heterocycles. The standard InChI is InChI=1S/C22H24ClN3O3S/c1-13-11-14(2)16(4)20(15(13)3)30(27,28)26-10-6-9-19(26)22-24-21(25-29-22)17-7-5-8-18(23)12-17/h5,7-8,11-12,19H,6,9-10H2,1-4H3/t19-/m1/s1. The summed E-state index contributed by atoms with van der Waals surface area (Å²) in [5.41, 5.74) is 4.23. The molecule has 0 N–H and O–H groups in total. The van der Waals surface area contributed by atoms with E-state index < -0.39 is 16.1 Å². The van der Waals surface area contributed by atoms with Crippen LogP contribution in [0.1, 0.15) is 47.0 Å². The van der Waals surface area contributed by atoms with Crippen molar-refractivity contribution < 1.29 is 12.9 Å². The Morgan fingerprint density at radius 1 is 1.10 bits per heavy atom. The molecule has 0 radical (unpaired) electrons. The molecule has 1 aliphatic heterocycles. The van der Waals surface area contributed by atoms with E-state index in [4.69, 9.17) is 16.1 Å². The minimum Gasteiger partial charge on any atom is -0.337 e. The molecule has 0 spiro atoms. The molecule has 1 aromatic heterocycles. The lowest BCUT2D eigenvalue weighted by Gasteiger charge is -2.25. The summed E-state index contributed by atoms with van der Waals surface area (Å²) in [7, 11) is -3.72. The van der Waals surface area contributed by atoms with Gasteiger partial charge in [-0.25, -0.2) is 8.42 Å². The highest BCUT2D eigenvalue weighted by atomic mass is 35.5. The summed E-state index contributed by atoms with van der Waals surface area (Å²) < 4.78 is 34.4. The Balaban J connectivity index is 1.73. The Hall–Kier alpha value is -2.22. The topological polar surface area (TPSA) is 76.3 Å². The molecular formula is C22H24ClN3O3S. The number of nitrogens with zero attached hydrogens (tertiary/aromatic N) is 3. The van der Waals surface area contributed by atoms with Crippen molar-refractivity contribution in [2.45, 2.75) is 51.5 Å². The second-order valence-corrected chi connectivity index (χ2v) is 10.1. The number of sulfonamides is 1. The lowest BCUT2D eigenvalue weighted by Crippen LogP contribution is -2.32. The van der Waals surface area contributed by atoms with Crippen molar-refractivity contribution >= 4 is 21.6 Å². The Kier molecular flexibility index (Phi) is 5.46. The molecule has 2 aromatic carbocycles. The fourth-order valence-corrected chi connectivity index (χ4v) is 6.50. The number of rotatable bonds is 4. The van der Waals surface area contributed by atoms with Gasteiger partial charge in [0.2, 0.25) is 21.7 Å². The highest BCUT2D eigenvalue weighted by Crippen LogP contribution is 2.39. The van der Waals surface area contributed by atoms with Gasteiger partial charge in [-0.15, -0.1) is 0 Å². The predicted molar refractivity (Wildman–Crippen MR) is 116 cm³/mol. The van der Waals surface area contributed by atoms with Crippen molar-refractivity contribution in [1.82, 2.24) is 14.4 Å². The van der Waals surface area contributed by atoms with Crippen molar-refractivity contribution in [3.8, 4) is 11.4 Å². The van der Waals surface area contributed by atoms with Crippen LogP contribution in [0.25, 0.3) is 11.4 Å². The summed E-state index contributed by atoms with van der Waals surface area (Å²) in [6, 6.07) is 8.72. The number of aryl methyl sites for hydroxylation is 2. The summed E-state index contributed by atoms with van der Waals surface area (Å²) in [5.74, 6) is 0.709. The van der Waals surface area contributed by atoms with Crippen LogP contribution in [0.2, 0.25) is 5.02 Å². The van der Waals surface area contributed by atoms with E-state index in [1.165, 1.54) is 4.31 Å². The van der Waals surface area contributed by atoms with Crippen LogP contribution in [0.3, 0.4) is 0 Å². The zero-order valence-electron chi connectivity index (χ0n) is 17.4. The van der Waals surface area contributed by atoms with Crippen LogP contribution in [0, 0.1) is 27.7 Å². The van der Waals surface area contributed by atoms with Gasteiger partial charge in [-0.05, 0) is 74.9 Å². The summed E-state index contributed by atoms with van der Waals surface area (Å²) in [6.07, 6.45) is 1.38. The van der Waals surface area contributed by atoms with E-state index in [9.17, 15) is 8.42 Å². The summed E-state index contributed by atoms with van der Waals surface area (Å²) >= 11 is 6.06. The maximum atomic E-state index is 13.7. The van der Waals surface area contributed by atoms with E-state index in [1.54, 1.807) is 12.1 Å². The molecule has 3 aromatic rings. The largest absolute Gasteiger partial charge is 0.337 e. The summed E-state index contributed by atoms with van der Waals surface area (Å²) in [4.78, 5) is 4.89. The van der Waals surface area contributed by atoms with E-state index in [2.05, 4.69) is 10.1 Å². The summed E-state index contributed by atoms with van der Waals surface area (Å²) in [6.45, 7) is 8.04. The first kappa shape index (κ1) is 21.0. The maximum Gasteiger partial charge on any atom is 0.245 e. The molecule has 0 saturated carbocycles. The smallest absolute Gasteiger partial charge is 0.245 e. The molecule has 0 amide bonds. The number of halogens is 1. The Morgan fingerprint density at radius 3 is 2.47 bits per heavy atom. The van der Waals surface area contributed by atoms with Crippen LogP contribution >= 0.6 is 11.6 Å². The van der Waals surface area contributed by atoms with Gasteiger partial charge in [0.05, 0.1) is 4.90 Å². The minimum atomic E-state index is -3.72. The maximum absolute atomic E-state index is 13.7. The average Bonchev–Trinajstić information content (AvgIpc) is 3.36. The highest BCUT2D eigenvalue weighted by molar-refractivity contribution is 7.89. The van der Waals surface area contributed by atoms with Crippen LogP contribution in [0.15, 0.2) is 39.8 Å². The third kappa shape index (κ3) is 3.55. The average molecular weight is 446 g/mol. The fraction of sp³-hybridized carbons (Fsp3) is 0.364. The van der Waals surface area contributed by atoms with Crippen LogP contribution in [-0.2, 0) is 10.0 Å². The van der Waals surface area contributed by atoms with Gasteiger partial charge in [0.1, 0.15) is 6.04 Å². The molecule has 1 atom stereocenters. The van der Waals surface area contributed by atoms with Crippen LogP contribution in [-0.4, -0.2) is 29.4 Å². The monoisotopic (exact) mass is 445 g/mol. The lowest BCUT2D eigenvalue weighted by atomic mass is 10.0. The highest BCUT2D eigenvalue weighted by Gasteiger charge is 2.41. The minimum absolute atomic E-state index is 0.311. The zero-order chi connectivity index (χ0) is 21.6. The molecule has 1 saturated heterocycles. The SMILES string of the molecule is Cc1cc(C)c(C)c(S(=O)(=O)N2CCC[C@@H]2c2nc(-c3cccc(Cl)c3)no2)c1C. The molecule has 1 fully saturated rings. The van der Waals surface area contributed by atoms with Gasteiger partial charge in [-0.3, -0.25) is 0 Å². The van der Waals surface area contributed by atoms with Gasteiger partial charge in [0, 0.05) is 17.1 Å².